The highest BCUT2D eigenvalue weighted by Gasteiger charge is 2.04. The lowest BCUT2D eigenvalue weighted by molar-refractivity contribution is 0.602. The molecule has 0 aliphatic carbocycles. The van der Waals surface area contributed by atoms with Crippen LogP contribution in [0, 0.1) is 5.82 Å². The minimum absolute atomic E-state index is 0.308. The van der Waals surface area contributed by atoms with Crippen LogP contribution in [-0.2, 0) is 5.75 Å². The van der Waals surface area contributed by atoms with E-state index in [1.54, 1.807) is 30.5 Å². The van der Waals surface area contributed by atoms with Gasteiger partial charge in [-0.05, 0) is 30.3 Å². The Bertz CT molecular complexity index is 534. The van der Waals surface area contributed by atoms with E-state index in [9.17, 15) is 4.39 Å². The second-order valence-electron chi connectivity index (χ2n) is 3.44. The molecule has 2 rings (SSSR count). The van der Waals surface area contributed by atoms with Crippen molar-refractivity contribution in [2.75, 3.05) is 5.73 Å². The summed E-state index contributed by atoms with van der Waals surface area (Å²) < 4.78 is 13.5. The number of nitrogen functional groups attached to an aromatic ring is 1. The van der Waals surface area contributed by atoms with Gasteiger partial charge in [0.1, 0.15) is 5.82 Å². The molecule has 0 atom stereocenters. The maximum Gasteiger partial charge on any atom is 0.138 e. The van der Waals surface area contributed by atoms with Crippen LogP contribution < -0.4 is 5.73 Å². The van der Waals surface area contributed by atoms with E-state index >= 15 is 0 Å². The smallest absolute Gasteiger partial charge is 0.138 e. The van der Waals surface area contributed by atoms with Gasteiger partial charge < -0.3 is 5.73 Å². The van der Waals surface area contributed by atoms with Crippen molar-refractivity contribution in [1.29, 1.82) is 0 Å². The van der Waals surface area contributed by atoms with Crippen LogP contribution >= 0.6 is 23.4 Å². The van der Waals surface area contributed by atoms with E-state index in [4.69, 9.17) is 17.3 Å². The molecule has 0 unspecified atom stereocenters. The zero-order chi connectivity index (χ0) is 12.3. The normalized spacial score (nSPS) is 10.5. The van der Waals surface area contributed by atoms with E-state index in [1.165, 1.54) is 17.8 Å². The number of aromatic nitrogens is 1. The molecule has 0 aliphatic rings. The van der Waals surface area contributed by atoms with Crippen molar-refractivity contribution >= 4 is 29.1 Å². The molecule has 0 bridgehead atoms. The zero-order valence-corrected chi connectivity index (χ0v) is 10.4. The van der Waals surface area contributed by atoms with Crippen molar-refractivity contribution in [3.8, 4) is 0 Å². The molecular weight excluding hydrogens is 259 g/mol. The van der Waals surface area contributed by atoms with Gasteiger partial charge in [0.15, 0.2) is 0 Å². The Labute approximate surface area is 108 Å². The third kappa shape index (κ3) is 3.35. The summed E-state index contributed by atoms with van der Waals surface area (Å²) in [5, 5.41) is 0.633. The van der Waals surface area contributed by atoms with Crippen LogP contribution in [0.1, 0.15) is 5.69 Å². The summed E-state index contributed by atoms with van der Waals surface area (Å²) >= 11 is 7.20. The van der Waals surface area contributed by atoms with Crippen molar-refractivity contribution in [3.05, 3.63) is 53.1 Å². The van der Waals surface area contributed by atoms with Gasteiger partial charge in [-0.1, -0.05) is 11.6 Å². The first kappa shape index (κ1) is 12.2. The maximum atomic E-state index is 13.5. The van der Waals surface area contributed by atoms with E-state index in [0.717, 1.165) is 5.69 Å². The quantitative estimate of drug-likeness (QED) is 0.681. The van der Waals surface area contributed by atoms with E-state index in [1.807, 2.05) is 0 Å². The van der Waals surface area contributed by atoms with Crippen molar-refractivity contribution in [2.45, 2.75) is 10.6 Å². The number of benzene rings is 1. The van der Waals surface area contributed by atoms with Crippen molar-refractivity contribution in [2.24, 2.45) is 0 Å². The third-order valence-electron chi connectivity index (χ3n) is 2.11. The molecule has 17 heavy (non-hydrogen) atoms. The van der Waals surface area contributed by atoms with Crippen LogP contribution in [0.5, 0.6) is 0 Å². The molecule has 2 aromatic rings. The SMILES string of the molecule is Nc1ccc(SCc2cc(Cl)ccn2)c(F)c1. The van der Waals surface area contributed by atoms with Gasteiger partial charge >= 0.3 is 0 Å². The molecule has 1 aromatic heterocycles. The number of anilines is 1. The van der Waals surface area contributed by atoms with Gasteiger partial charge in [-0.3, -0.25) is 4.98 Å². The monoisotopic (exact) mass is 268 g/mol. The molecule has 0 spiro atoms. The number of pyridine rings is 1. The number of hydrogen-bond acceptors (Lipinski definition) is 3. The van der Waals surface area contributed by atoms with Crippen LogP contribution in [0.3, 0.4) is 0 Å². The van der Waals surface area contributed by atoms with Gasteiger partial charge in [0.2, 0.25) is 0 Å². The summed E-state index contributed by atoms with van der Waals surface area (Å²) in [6, 6.07) is 8.13. The predicted octanol–water partition coefficient (Wildman–Crippen LogP) is 3.75. The second kappa shape index (κ2) is 5.38. The summed E-state index contributed by atoms with van der Waals surface area (Å²) in [6.07, 6.45) is 1.64. The van der Waals surface area contributed by atoms with Gasteiger partial charge in [0.05, 0.1) is 5.69 Å². The molecule has 0 amide bonds. The average Bonchev–Trinajstić information content (AvgIpc) is 2.28. The predicted molar refractivity (Wildman–Crippen MR) is 69.6 cm³/mol. The van der Waals surface area contributed by atoms with E-state index in [2.05, 4.69) is 4.98 Å². The Hall–Kier alpha value is -1.26. The van der Waals surface area contributed by atoms with Gasteiger partial charge in [0, 0.05) is 27.6 Å². The van der Waals surface area contributed by atoms with Gasteiger partial charge in [-0.25, -0.2) is 4.39 Å². The Morgan fingerprint density at radius 1 is 1.29 bits per heavy atom. The van der Waals surface area contributed by atoms with Crippen LogP contribution in [0.15, 0.2) is 41.4 Å². The first-order valence-electron chi connectivity index (χ1n) is 4.93. The minimum atomic E-state index is -0.308. The zero-order valence-electron chi connectivity index (χ0n) is 8.86. The van der Waals surface area contributed by atoms with Crippen molar-refractivity contribution in [3.63, 3.8) is 0 Å². The topological polar surface area (TPSA) is 38.9 Å². The molecule has 0 saturated heterocycles. The second-order valence-corrected chi connectivity index (χ2v) is 4.90. The molecule has 88 valence electrons. The molecule has 2 nitrogen and oxygen atoms in total. The fourth-order valence-corrected chi connectivity index (χ4v) is 2.32. The Balaban J connectivity index is 2.07. The molecule has 5 heteroatoms. The Kier molecular flexibility index (Phi) is 3.86. The molecule has 0 radical (unpaired) electrons. The lowest BCUT2D eigenvalue weighted by Gasteiger charge is -2.04. The highest BCUT2D eigenvalue weighted by Crippen LogP contribution is 2.26. The maximum absolute atomic E-state index is 13.5. The van der Waals surface area contributed by atoms with E-state index < -0.39 is 0 Å². The molecule has 0 saturated carbocycles. The van der Waals surface area contributed by atoms with E-state index in [-0.39, 0.29) is 5.82 Å². The summed E-state index contributed by atoms with van der Waals surface area (Å²) in [6.45, 7) is 0. The lowest BCUT2D eigenvalue weighted by atomic mass is 10.3. The summed E-state index contributed by atoms with van der Waals surface area (Å²) in [7, 11) is 0. The number of thioether (sulfide) groups is 1. The number of nitrogens with two attached hydrogens (primary N) is 1. The summed E-state index contributed by atoms with van der Waals surface area (Å²) in [4.78, 5) is 4.71. The van der Waals surface area contributed by atoms with Crippen molar-refractivity contribution in [1.82, 2.24) is 4.98 Å². The number of nitrogens with zero attached hydrogens (tertiary/aromatic N) is 1. The fraction of sp³-hybridized carbons (Fsp3) is 0.0833. The Morgan fingerprint density at radius 3 is 2.82 bits per heavy atom. The number of rotatable bonds is 3. The molecule has 2 N–H and O–H groups in total. The Morgan fingerprint density at radius 2 is 2.12 bits per heavy atom. The largest absolute Gasteiger partial charge is 0.399 e. The van der Waals surface area contributed by atoms with Crippen LogP contribution in [0.4, 0.5) is 10.1 Å². The van der Waals surface area contributed by atoms with E-state index in [0.29, 0.717) is 21.4 Å². The number of halogens is 2. The van der Waals surface area contributed by atoms with Gasteiger partial charge in [0.25, 0.3) is 0 Å². The molecule has 0 fully saturated rings. The number of hydrogen-bond donors (Lipinski definition) is 1. The molecular formula is C12H10ClFN2S. The highest BCUT2D eigenvalue weighted by molar-refractivity contribution is 7.98. The van der Waals surface area contributed by atoms with Crippen LogP contribution in [0.2, 0.25) is 5.02 Å². The molecule has 1 heterocycles. The first-order chi connectivity index (χ1) is 8.15. The summed E-state index contributed by atoms with van der Waals surface area (Å²) in [5.41, 5.74) is 6.72. The highest BCUT2D eigenvalue weighted by atomic mass is 35.5. The van der Waals surface area contributed by atoms with Gasteiger partial charge in [-0.15, -0.1) is 11.8 Å². The molecule has 0 aliphatic heterocycles. The minimum Gasteiger partial charge on any atom is -0.399 e. The third-order valence-corrected chi connectivity index (χ3v) is 3.43. The van der Waals surface area contributed by atoms with Crippen LogP contribution in [0.25, 0.3) is 0 Å². The standard InChI is InChI=1S/C12H10ClFN2S/c13-8-3-4-16-10(5-8)7-17-12-2-1-9(15)6-11(12)14/h1-6H,7,15H2. The lowest BCUT2D eigenvalue weighted by Crippen LogP contribution is -1.90. The molecule has 1 aromatic carbocycles. The fourth-order valence-electron chi connectivity index (χ4n) is 1.31. The first-order valence-corrected chi connectivity index (χ1v) is 6.30. The van der Waals surface area contributed by atoms with Gasteiger partial charge in [-0.2, -0.15) is 0 Å². The van der Waals surface area contributed by atoms with Crippen LogP contribution in [-0.4, -0.2) is 4.98 Å². The van der Waals surface area contributed by atoms with Crippen molar-refractivity contribution < 1.29 is 4.39 Å². The summed E-state index contributed by atoms with van der Waals surface area (Å²) in [5.74, 6) is 0.263. The average molecular weight is 269 g/mol.